The van der Waals surface area contributed by atoms with Crippen LogP contribution in [0.25, 0.3) is 0 Å². The van der Waals surface area contributed by atoms with E-state index in [1.54, 1.807) is 0 Å². The molecule has 0 aromatic heterocycles. The van der Waals surface area contributed by atoms with Gasteiger partial charge in [0.25, 0.3) is 0 Å². The summed E-state index contributed by atoms with van der Waals surface area (Å²) in [7, 11) is 0. The number of hydrogen-bond donors (Lipinski definition) is 3. The SMILES string of the molecule is CC(CO)(CO)NC1CSCc2ccccc21. The van der Waals surface area contributed by atoms with Crippen molar-refractivity contribution in [3.05, 3.63) is 35.4 Å². The van der Waals surface area contributed by atoms with Gasteiger partial charge < -0.3 is 10.2 Å². The number of nitrogens with one attached hydrogen (secondary N) is 1. The summed E-state index contributed by atoms with van der Waals surface area (Å²) in [5, 5.41) is 22.0. The van der Waals surface area contributed by atoms with E-state index in [-0.39, 0.29) is 19.3 Å². The van der Waals surface area contributed by atoms with Crippen molar-refractivity contribution in [3.63, 3.8) is 0 Å². The van der Waals surface area contributed by atoms with Crippen molar-refractivity contribution in [2.75, 3.05) is 19.0 Å². The van der Waals surface area contributed by atoms with E-state index in [0.717, 1.165) is 11.5 Å². The van der Waals surface area contributed by atoms with Gasteiger partial charge in [-0.25, -0.2) is 0 Å². The molecule has 1 atom stereocenters. The minimum atomic E-state index is -0.615. The van der Waals surface area contributed by atoms with Gasteiger partial charge in [-0.15, -0.1) is 0 Å². The first-order chi connectivity index (χ1) is 8.18. The predicted octanol–water partition coefficient (Wildman–Crippen LogP) is 1.31. The summed E-state index contributed by atoms with van der Waals surface area (Å²) in [6.45, 7) is 1.72. The van der Waals surface area contributed by atoms with Crippen LogP contribution in [-0.2, 0) is 5.75 Å². The van der Waals surface area contributed by atoms with Crippen LogP contribution in [0.15, 0.2) is 24.3 Å². The van der Waals surface area contributed by atoms with Gasteiger partial charge in [-0.3, -0.25) is 5.32 Å². The summed E-state index contributed by atoms with van der Waals surface area (Å²) < 4.78 is 0. The van der Waals surface area contributed by atoms with Crippen molar-refractivity contribution in [2.45, 2.75) is 24.3 Å². The number of aliphatic hydroxyl groups excluding tert-OH is 2. The van der Waals surface area contributed by atoms with Gasteiger partial charge >= 0.3 is 0 Å². The molecule has 17 heavy (non-hydrogen) atoms. The summed E-state index contributed by atoms with van der Waals surface area (Å²) >= 11 is 1.88. The molecule has 0 bridgehead atoms. The Bertz CT molecular complexity index is 379. The first-order valence-corrected chi connectivity index (χ1v) is 6.99. The lowest BCUT2D eigenvalue weighted by Crippen LogP contribution is -2.51. The van der Waals surface area contributed by atoms with Crippen molar-refractivity contribution >= 4 is 11.8 Å². The molecule has 1 aromatic carbocycles. The highest BCUT2D eigenvalue weighted by Gasteiger charge is 2.29. The van der Waals surface area contributed by atoms with Crippen molar-refractivity contribution in [2.24, 2.45) is 0 Å². The van der Waals surface area contributed by atoms with E-state index in [9.17, 15) is 10.2 Å². The molecule has 0 saturated heterocycles. The van der Waals surface area contributed by atoms with Gasteiger partial charge in [0, 0.05) is 17.5 Å². The summed E-state index contributed by atoms with van der Waals surface area (Å²) in [6, 6.07) is 8.57. The quantitative estimate of drug-likeness (QED) is 0.757. The Morgan fingerprint density at radius 3 is 2.76 bits per heavy atom. The van der Waals surface area contributed by atoms with Crippen molar-refractivity contribution < 1.29 is 10.2 Å². The van der Waals surface area contributed by atoms with Crippen LogP contribution < -0.4 is 5.32 Å². The Morgan fingerprint density at radius 2 is 2.06 bits per heavy atom. The maximum absolute atomic E-state index is 9.33. The molecule has 1 aliphatic heterocycles. The molecule has 94 valence electrons. The fraction of sp³-hybridized carbons (Fsp3) is 0.538. The summed E-state index contributed by atoms with van der Waals surface area (Å²) in [5.74, 6) is 2.02. The highest BCUT2D eigenvalue weighted by atomic mass is 32.2. The number of thioether (sulfide) groups is 1. The molecular formula is C13H19NO2S. The molecule has 4 heteroatoms. The lowest BCUT2D eigenvalue weighted by atomic mass is 9.97. The molecule has 0 aliphatic carbocycles. The second-order valence-electron chi connectivity index (χ2n) is 4.79. The molecule has 0 fully saturated rings. The Labute approximate surface area is 106 Å². The highest BCUT2D eigenvalue weighted by Crippen LogP contribution is 2.32. The third-order valence-corrected chi connectivity index (χ3v) is 4.28. The monoisotopic (exact) mass is 253 g/mol. The van der Waals surface area contributed by atoms with E-state index in [1.165, 1.54) is 11.1 Å². The minimum Gasteiger partial charge on any atom is -0.394 e. The van der Waals surface area contributed by atoms with Gasteiger partial charge in [-0.2, -0.15) is 11.8 Å². The third kappa shape index (κ3) is 2.83. The molecule has 3 N–H and O–H groups in total. The summed E-state index contributed by atoms with van der Waals surface area (Å²) in [4.78, 5) is 0. The topological polar surface area (TPSA) is 52.5 Å². The number of benzene rings is 1. The van der Waals surface area contributed by atoms with Gasteiger partial charge in [0.15, 0.2) is 0 Å². The minimum absolute atomic E-state index is 0.0627. The standard InChI is InChI=1S/C13H19NO2S/c1-13(8-15,9-16)14-12-7-17-6-10-4-2-3-5-11(10)12/h2-5,12,14-16H,6-9H2,1H3. The van der Waals surface area contributed by atoms with E-state index in [2.05, 4.69) is 23.5 Å². The molecule has 1 aromatic rings. The molecule has 2 rings (SSSR count). The van der Waals surface area contributed by atoms with Crippen LogP contribution in [0.5, 0.6) is 0 Å². The van der Waals surface area contributed by atoms with Crippen LogP contribution >= 0.6 is 11.8 Å². The average Bonchev–Trinajstić information content (AvgIpc) is 2.39. The van der Waals surface area contributed by atoms with E-state index in [4.69, 9.17) is 0 Å². The van der Waals surface area contributed by atoms with Crippen LogP contribution in [0.2, 0.25) is 0 Å². The maximum Gasteiger partial charge on any atom is 0.0633 e. The second-order valence-corrected chi connectivity index (χ2v) is 5.82. The molecule has 1 heterocycles. The number of rotatable bonds is 4. The largest absolute Gasteiger partial charge is 0.394 e. The van der Waals surface area contributed by atoms with Crippen molar-refractivity contribution in [1.29, 1.82) is 0 Å². The molecule has 0 saturated carbocycles. The first-order valence-electron chi connectivity index (χ1n) is 5.83. The Kier molecular flexibility index (Phi) is 4.09. The number of hydrogen-bond acceptors (Lipinski definition) is 4. The Hall–Kier alpha value is -0.550. The zero-order chi connectivity index (χ0) is 12.3. The Balaban J connectivity index is 2.19. The first kappa shape index (κ1) is 12.9. The van der Waals surface area contributed by atoms with Crippen LogP contribution in [0.1, 0.15) is 24.1 Å². The van der Waals surface area contributed by atoms with Gasteiger partial charge in [-0.1, -0.05) is 24.3 Å². The lowest BCUT2D eigenvalue weighted by molar-refractivity contribution is 0.0960. The fourth-order valence-electron chi connectivity index (χ4n) is 2.06. The van der Waals surface area contributed by atoms with Crippen LogP contribution in [0.3, 0.4) is 0 Å². The van der Waals surface area contributed by atoms with E-state index >= 15 is 0 Å². The maximum atomic E-state index is 9.33. The molecular weight excluding hydrogens is 234 g/mol. The lowest BCUT2D eigenvalue weighted by Gasteiger charge is -2.35. The highest BCUT2D eigenvalue weighted by molar-refractivity contribution is 7.98. The van der Waals surface area contributed by atoms with Gasteiger partial charge in [0.1, 0.15) is 0 Å². The van der Waals surface area contributed by atoms with Crippen LogP contribution in [-0.4, -0.2) is 34.7 Å². The zero-order valence-corrected chi connectivity index (χ0v) is 10.8. The summed E-state index contributed by atoms with van der Waals surface area (Å²) in [5.41, 5.74) is 2.02. The van der Waals surface area contributed by atoms with Crippen LogP contribution in [0, 0.1) is 0 Å². The number of aliphatic hydroxyl groups is 2. The van der Waals surface area contributed by atoms with E-state index < -0.39 is 5.54 Å². The molecule has 1 aliphatic rings. The molecule has 1 unspecified atom stereocenters. The smallest absolute Gasteiger partial charge is 0.0633 e. The molecule has 0 spiro atoms. The normalized spacial score (nSPS) is 20.1. The van der Waals surface area contributed by atoms with E-state index in [0.29, 0.717) is 0 Å². The zero-order valence-electron chi connectivity index (χ0n) is 10.0. The van der Waals surface area contributed by atoms with Crippen molar-refractivity contribution in [3.8, 4) is 0 Å². The Morgan fingerprint density at radius 1 is 1.35 bits per heavy atom. The van der Waals surface area contributed by atoms with E-state index in [1.807, 2.05) is 24.8 Å². The number of fused-ring (bicyclic) bond motifs is 1. The van der Waals surface area contributed by atoms with Gasteiger partial charge in [-0.05, 0) is 18.1 Å². The third-order valence-electron chi connectivity index (χ3n) is 3.19. The fourth-order valence-corrected chi connectivity index (χ4v) is 3.16. The summed E-state index contributed by atoms with van der Waals surface area (Å²) in [6.07, 6.45) is 0. The van der Waals surface area contributed by atoms with Crippen LogP contribution in [0.4, 0.5) is 0 Å². The van der Waals surface area contributed by atoms with Gasteiger partial charge in [0.2, 0.25) is 0 Å². The molecule has 3 nitrogen and oxygen atoms in total. The second kappa shape index (κ2) is 5.40. The molecule has 0 radical (unpaired) electrons. The van der Waals surface area contributed by atoms with Crippen molar-refractivity contribution in [1.82, 2.24) is 5.32 Å². The molecule has 0 amide bonds. The average molecular weight is 253 g/mol. The van der Waals surface area contributed by atoms with Gasteiger partial charge in [0.05, 0.1) is 18.8 Å². The predicted molar refractivity (Wildman–Crippen MR) is 71.1 cm³/mol.